The first kappa shape index (κ1) is 14.7. The lowest BCUT2D eigenvalue weighted by Crippen LogP contribution is -2.09. The molecule has 0 bridgehead atoms. The van der Waals surface area contributed by atoms with Crippen LogP contribution in [0.2, 0.25) is 0 Å². The third-order valence-electron chi connectivity index (χ3n) is 3.42. The highest BCUT2D eigenvalue weighted by Crippen LogP contribution is 2.19. The highest BCUT2D eigenvalue weighted by molar-refractivity contribution is 5.85. The molecule has 0 fully saturated rings. The third kappa shape index (κ3) is 3.03. The van der Waals surface area contributed by atoms with Crippen molar-refractivity contribution in [1.82, 2.24) is 19.7 Å². The van der Waals surface area contributed by atoms with Crippen LogP contribution >= 0.6 is 0 Å². The Labute approximate surface area is 132 Å². The fraction of sp³-hybridized carbons (Fsp3) is 0.125. The molecule has 2 N–H and O–H groups in total. The first-order valence-electron chi connectivity index (χ1n) is 7.01. The number of benzene rings is 1. The predicted molar refractivity (Wildman–Crippen MR) is 85.3 cm³/mol. The molecule has 0 aliphatic heterocycles. The number of carbonyl (C=O) groups is 1. The second kappa shape index (κ2) is 5.88. The number of carboxylic acid groups (broad SMARTS) is 1. The molecule has 3 aromatic rings. The van der Waals surface area contributed by atoms with Crippen molar-refractivity contribution in [3.05, 3.63) is 59.5 Å². The smallest absolute Gasteiger partial charge is 0.356 e. The molecule has 0 spiro atoms. The van der Waals surface area contributed by atoms with Gasteiger partial charge in [0.1, 0.15) is 0 Å². The number of anilines is 2. The van der Waals surface area contributed by atoms with Gasteiger partial charge in [0, 0.05) is 23.1 Å². The number of carboxylic acids is 1. The van der Waals surface area contributed by atoms with Crippen molar-refractivity contribution in [3.8, 4) is 5.82 Å². The molecule has 0 amide bonds. The highest BCUT2D eigenvalue weighted by Gasteiger charge is 2.13. The van der Waals surface area contributed by atoms with Gasteiger partial charge in [-0.1, -0.05) is 18.2 Å². The molecular weight excluding hydrogens is 294 g/mol. The van der Waals surface area contributed by atoms with Crippen LogP contribution in [0.5, 0.6) is 0 Å². The van der Waals surface area contributed by atoms with Gasteiger partial charge in [-0.25, -0.2) is 14.5 Å². The Bertz CT molecular complexity index is 858. The minimum atomic E-state index is -1.07. The first-order chi connectivity index (χ1) is 11.0. The number of para-hydroxylation sites is 1. The maximum Gasteiger partial charge on any atom is 0.356 e. The standard InChI is InChI=1S/C16H15N5O2/c1-10-11(2)17-16(18-12-6-4-3-5-7-12)19-14(10)21-9-8-13(20-21)15(22)23/h3-9H,1-2H3,(H,22,23)(H,17,18,19). The molecule has 1 aromatic carbocycles. The fourth-order valence-electron chi connectivity index (χ4n) is 2.10. The molecule has 2 heterocycles. The Morgan fingerprint density at radius 3 is 2.52 bits per heavy atom. The molecule has 2 aromatic heterocycles. The number of nitrogens with one attached hydrogen (secondary N) is 1. The summed E-state index contributed by atoms with van der Waals surface area (Å²) in [5, 5.41) is 16.2. The van der Waals surface area contributed by atoms with Gasteiger partial charge in [0.25, 0.3) is 0 Å². The zero-order valence-electron chi connectivity index (χ0n) is 12.7. The summed E-state index contributed by atoms with van der Waals surface area (Å²) in [5.41, 5.74) is 2.47. The number of aryl methyl sites for hydroxylation is 1. The van der Waals surface area contributed by atoms with Crippen LogP contribution in [0, 0.1) is 13.8 Å². The van der Waals surface area contributed by atoms with Crippen LogP contribution in [0.3, 0.4) is 0 Å². The maximum atomic E-state index is 11.0. The average molecular weight is 309 g/mol. The van der Waals surface area contributed by atoms with E-state index in [1.807, 2.05) is 44.2 Å². The van der Waals surface area contributed by atoms with Gasteiger partial charge in [0.2, 0.25) is 5.95 Å². The monoisotopic (exact) mass is 309 g/mol. The zero-order valence-corrected chi connectivity index (χ0v) is 12.7. The van der Waals surface area contributed by atoms with Crippen LogP contribution in [0.1, 0.15) is 21.7 Å². The summed E-state index contributed by atoms with van der Waals surface area (Å²) in [4.78, 5) is 19.9. The Morgan fingerprint density at radius 1 is 1.13 bits per heavy atom. The van der Waals surface area contributed by atoms with E-state index in [0.29, 0.717) is 11.8 Å². The minimum Gasteiger partial charge on any atom is -0.476 e. The molecule has 0 saturated heterocycles. The Morgan fingerprint density at radius 2 is 1.87 bits per heavy atom. The van der Waals surface area contributed by atoms with Crippen LogP contribution in [0.4, 0.5) is 11.6 Å². The summed E-state index contributed by atoms with van der Waals surface area (Å²) in [6.45, 7) is 3.75. The van der Waals surface area contributed by atoms with Crippen molar-refractivity contribution < 1.29 is 9.90 Å². The summed E-state index contributed by atoms with van der Waals surface area (Å²) in [6, 6.07) is 11.0. The second-order valence-corrected chi connectivity index (χ2v) is 5.02. The lowest BCUT2D eigenvalue weighted by atomic mass is 10.2. The van der Waals surface area contributed by atoms with E-state index in [0.717, 1.165) is 16.9 Å². The minimum absolute atomic E-state index is 0.0294. The van der Waals surface area contributed by atoms with Crippen LogP contribution < -0.4 is 5.32 Å². The maximum absolute atomic E-state index is 11.0. The summed E-state index contributed by atoms with van der Waals surface area (Å²) >= 11 is 0. The topological polar surface area (TPSA) is 92.9 Å². The van der Waals surface area contributed by atoms with E-state index in [9.17, 15) is 4.79 Å². The predicted octanol–water partition coefficient (Wildman–Crippen LogP) is 2.72. The summed E-state index contributed by atoms with van der Waals surface area (Å²) in [6.07, 6.45) is 1.57. The van der Waals surface area contributed by atoms with Gasteiger partial charge in [-0.15, -0.1) is 0 Å². The normalized spacial score (nSPS) is 10.5. The van der Waals surface area contributed by atoms with E-state index < -0.39 is 5.97 Å². The van der Waals surface area contributed by atoms with Gasteiger partial charge in [0.15, 0.2) is 11.5 Å². The molecule has 7 heteroatoms. The fourth-order valence-corrected chi connectivity index (χ4v) is 2.10. The number of hydrogen-bond acceptors (Lipinski definition) is 5. The van der Waals surface area contributed by atoms with Crippen LogP contribution in [0.15, 0.2) is 42.6 Å². The van der Waals surface area contributed by atoms with Crippen molar-refractivity contribution >= 4 is 17.6 Å². The summed E-state index contributed by atoms with van der Waals surface area (Å²) in [5.74, 6) is -0.0973. The molecule has 116 valence electrons. The van der Waals surface area contributed by atoms with Crippen LogP contribution in [-0.2, 0) is 0 Å². The Kier molecular flexibility index (Phi) is 3.76. The van der Waals surface area contributed by atoms with Gasteiger partial charge in [0.05, 0.1) is 0 Å². The van der Waals surface area contributed by atoms with Crippen molar-refractivity contribution in [2.24, 2.45) is 0 Å². The molecule has 0 atom stereocenters. The lowest BCUT2D eigenvalue weighted by Gasteiger charge is -2.11. The lowest BCUT2D eigenvalue weighted by molar-refractivity contribution is 0.0690. The number of nitrogens with zero attached hydrogens (tertiary/aromatic N) is 4. The molecule has 23 heavy (non-hydrogen) atoms. The molecule has 0 aliphatic rings. The van der Waals surface area contributed by atoms with Gasteiger partial charge in [-0.3, -0.25) is 0 Å². The van der Waals surface area contributed by atoms with Crippen molar-refractivity contribution in [1.29, 1.82) is 0 Å². The molecule has 0 radical (unpaired) electrons. The summed E-state index contributed by atoms with van der Waals surface area (Å²) in [7, 11) is 0. The van der Waals surface area contributed by atoms with Crippen molar-refractivity contribution in [2.75, 3.05) is 5.32 Å². The highest BCUT2D eigenvalue weighted by atomic mass is 16.4. The number of aromatic nitrogens is 4. The van der Waals surface area contributed by atoms with Gasteiger partial charge < -0.3 is 10.4 Å². The number of rotatable bonds is 4. The van der Waals surface area contributed by atoms with Gasteiger partial charge >= 0.3 is 5.97 Å². The Hall–Kier alpha value is -3.22. The van der Waals surface area contributed by atoms with Crippen molar-refractivity contribution in [2.45, 2.75) is 13.8 Å². The third-order valence-corrected chi connectivity index (χ3v) is 3.42. The first-order valence-corrected chi connectivity index (χ1v) is 7.01. The Balaban J connectivity index is 2.01. The molecular formula is C16H15N5O2. The van der Waals surface area contributed by atoms with Crippen LogP contribution in [-0.4, -0.2) is 30.8 Å². The molecule has 0 saturated carbocycles. The second-order valence-electron chi connectivity index (χ2n) is 5.02. The molecule has 7 nitrogen and oxygen atoms in total. The van der Waals surface area contributed by atoms with E-state index in [-0.39, 0.29) is 5.69 Å². The summed E-state index contributed by atoms with van der Waals surface area (Å²) < 4.78 is 1.45. The molecule has 3 rings (SSSR count). The van der Waals surface area contributed by atoms with E-state index in [1.54, 1.807) is 6.20 Å². The van der Waals surface area contributed by atoms with E-state index in [2.05, 4.69) is 20.4 Å². The van der Waals surface area contributed by atoms with Gasteiger partial charge in [-0.2, -0.15) is 10.1 Å². The van der Waals surface area contributed by atoms with E-state index in [1.165, 1.54) is 10.7 Å². The zero-order chi connectivity index (χ0) is 16.4. The van der Waals surface area contributed by atoms with E-state index >= 15 is 0 Å². The molecule has 0 aliphatic carbocycles. The number of hydrogen-bond donors (Lipinski definition) is 2. The quantitative estimate of drug-likeness (QED) is 0.769. The van der Waals surface area contributed by atoms with Crippen LogP contribution in [0.25, 0.3) is 5.82 Å². The van der Waals surface area contributed by atoms with Crippen molar-refractivity contribution in [3.63, 3.8) is 0 Å². The van der Waals surface area contributed by atoms with E-state index in [4.69, 9.17) is 5.11 Å². The number of aromatic carboxylic acids is 1. The average Bonchev–Trinajstić information content (AvgIpc) is 3.02. The SMILES string of the molecule is Cc1nc(Nc2ccccc2)nc(-n2ccc(C(=O)O)n2)c1C. The van der Waals surface area contributed by atoms with Gasteiger partial charge in [-0.05, 0) is 32.0 Å². The largest absolute Gasteiger partial charge is 0.476 e. The molecule has 0 unspecified atom stereocenters.